The van der Waals surface area contributed by atoms with Gasteiger partial charge in [0.2, 0.25) is 0 Å². The van der Waals surface area contributed by atoms with Crippen molar-refractivity contribution in [3.63, 3.8) is 0 Å². The van der Waals surface area contributed by atoms with Gasteiger partial charge in [-0.05, 0) is 42.8 Å². The number of benzene rings is 1. The quantitative estimate of drug-likeness (QED) is 0.474. The average molecular weight is 459 g/mol. The lowest BCUT2D eigenvalue weighted by molar-refractivity contribution is 0.0738. The monoisotopic (exact) mass is 458 g/mol. The highest BCUT2D eigenvalue weighted by atomic mass is 16.5. The molecule has 0 spiro atoms. The molecule has 9 nitrogen and oxygen atoms in total. The van der Waals surface area contributed by atoms with Crippen LogP contribution in [0.25, 0.3) is 5.65 Å². The van der Waals surface area contributed by atoms with E-state index in [4.69, 9.17) is 9.47 Å². The van der Waals surface area contributed by atoms with Gasteiger partial charge in [0.05, 0.1) is 37.8 Å². The Morgan fingerprint density at radius 3 is 2.91 bits per heavy atom. The topological polar surface area (TPSA) is 93.9 Å². The molecule has 9 heteroatoms. The van der Waals surface area contributed by atoms with Gasteiger partial charge in [0.1, 0.15) is 11.6 Å². The molecule has 34 heavy (non-hydrogen) atoms. The van der Waals surface area contributed by atoms with E-state index in [1.54, 1.807) is 37.8 Å². The lowest BCUT2D eigenvalue weighted by Crippen LogP contribution is -2.37. The molecule has 1 aromatic carbocycles. The van der Waals surface area contributed by atoms with Crippen LogP contribution in [0, 0.1) is 5.92 Å². The Labute approximate surface area is 197 Å². The van der Waals surface area contributed by atoms with Crippen LogP contribution in [0.2, 0.25) is 0 Å². The second kappa shape index (κ2) is 9.88. The van der Waals surface area contributed by atoms with Crippen molar-refractivity contribution in [1.29, 1.82) is 0 Å². The Kier molecular flexibility index (Phi) is 6.35. The van der Waals surface area contributed by atoms with Crippen LogP contribution >= 0.6 is 0 Å². The van der Waals surface area contributed by atoms with Gasteiger partial charge in [-0.15, -0.1) is 0 Å². The van der Waals surface area contributed by atoms with Gasteiger partial charge in [-0.3, -0.25) is 9.78 Å². The zero-order valence-corrected chi connectivity index (χ0v) is 18.9. The fraction of sp³-hybridized carbons (Fsp3) is 0.280. The highest BCUT2D eigenvalue weighted by molar-refractivity contribution is 5.99. The number of nitrogens with one attached hydrogen (secondary N) is 1. The van der Waals surface area contributed by atoms with Gasteiger partial charge in [-0.1, -0.05) is 0 Å². The number of nitrogens with zero attached hydrogens (tertiary/aromatic N) is 5. The van der Waals surface area contributed by atoms with Crippen LogP contribution in [0.3, 0.4) is 0 Å². The maximum Gasteiger partial charge on any atom is 0.257 e. The number of carbonyl (C=O) groups excluding carboxylic acids is 1. The van der Waals surface area contributed by atoms with Gasteiger partial charge in [-0.2, -0.15) is 0 Å². The van der Waals surface area contributed by atoms with Crippen molar-refractivity contribution in [3.05, 3.63) is 78.6 Å². The Morgan fingerprint density at radius 1 is 1.18 bits per heavy atom. The largest absolute Gasteiger partial charge is 0.497 e. The smallest absolute Gasteiger partial charge is 0.257 e. The number of pyridine rings is 1. The summed E-state index contributed by atoms with van der Waals surface area (Å²) in [4.78, 5) is 28.6. The number of imidazole rings is 1. The number of ether oxygens (including phenoxy) is 2. The van der Waals surface area contributed by atoms with Gasteiger partial charge in [0.25, 0.3) is 5.91 Å². The number of rotatable bonds is 6. The third-order valence-electron chi connectivity index (χ3n) is 5.85. The molecule has 1 amide bonds. The number of hydrogen-bond acceptors (Lipinski definition) is 7. The lowest BCUT2D eigenvalue weighted by Gasteiger charge is -2.24. The fourth-order valence-electron chi connectivity index (χ4n) is 4.12. The van der Waals surface area contributed by atoms with Crippen LogP contribution in [0.1, 0.15) is 16.1 Å². The van der Waals surface area contributed by atoms with Crippen molar-refractivity contribution in [2.24, 2.45) is 5.92 Å². The molecule has 1 atom stereocenters. The maximum absolute atomic E-state index is 13.5. The van der Waals surface area contributed by atoms with Crippen molar-refractivity contribution in [3.8, 4) is 5.75 Å². The van der Waals surface area contributed by atoms with Crippen molar-refractivity contribution in [1.82, 2.24) is 24.3 Å². The predicted molar refractivity (Wildman–Crippen MR) is 127 cm³/mol. The molecule has 5 rings (SSSR count). The molecule has 4 aromatic rings. The van der Waals surface area contributed by atoms with E-state index >= 15 is 0 Å². The van der Waals surface area contributed by atoms with Crippen molar-refractivity contribution in [2.45, 2.75) is 6.42 Å². The number of amides is 1. The third kappa shape index (κ3) is 4.84. The highest BCUT2D eigenvalue weighted by Gasteiger charge is 2.26. The Hall–Kier alpha value is -3.98. The summed E-state index contributed by atoms with van der Waals surface area (Å²) in [6.45, 7) is 2.19. The number of aromatic nitrogens is 4. The normalized spacial score (nSPS) is 16.3. The first-order chi connectivity index (χ1) is 16.7. The zero-order chi connectivity index (χ0) is 23.3. The molecule has 3 aromatic heterocycles. The molecular formula is C25H26N6O3. The summed E-state index contributed by atoms with van der Waals surface area (Å²) in [5.74, 6) is 1.35. The molecule has 0 aliphatic carbocycles. The molecule has 0 radical (unpaired) electrons. The van der Waals surface area contributed by atoms with Crippen LogP contribution in [0.5, 0.6) is 5.75 Å². The molecule has 174 valence electrons. The van der Waals surface area contributed by atoms with Crippen LogP contribution in [0.4, 0.5) is 11.5 Å². The predicted octanol–water partition coefficient (Wildman–Crippen LogP) is 3.21. The molecule has 1 N–H and O–H groups in total. The molecule has 1 aliphatic rings. The number of hydrogen-bond donors (Lipinski definition) is 1. The van der Waals surface area contributed by atoms with Gasteiger partial charge in [-0.25, -0.2) is 9.97 Å². The number of carbonyl (C=O) groups is 1. The molecule has 0 unspecified atom stereocenters. The standard InChI is InChI=1S/C25H26N6O3/c1-33-21-6-4-19(5-7-21)29-24-22(3-2-8-27-24)25(32)31-11-12-34-17-18(15-31)13-20-16-30-10-9-26-23(30)14-28-20/h2-10,14,16,18H,11-13,15,17H2,1H3,(H,27,29)/t18-/m0/s1. The molecule has 4 heterocycles. The van der Waals surface area contributed by atoms with Crippen molar-refractivity contribution >= 4 is 23.1 Å². The minimum absolute atomic E-state index is 0.0716. The zero-order valence-electron chi connectivity index (χ0n) is 18.9. The summed E-state index contributed by atoms with van der Waals surface area (Å²) < 4.78 is 13.0. The SMILES string of the molecule is COc1ccc(Nc2ncccc2C(=O)N2CCOC[C@@H](Cc3cn4ccnc4cn3)C2)cc1. The number of fused-ring (bicyclic) bond motifs is 1. The first kappa shape index (κ1) is 21.8. The van der Waals surface area contributed by atoms with Gasteiger partial charge < -0.3 is 24.1 Å². The highest BCUT2D eigenvalue weighted by Crippen LogP contribution is 2.23. The average Bonchev–Trinajstić information content (AvgIpc) is 3.21. The summed E-state index contributed by atoms with van der Waals surface area (Å²) >= 11 is 0. The maximum atomic E-state index is 13.5. The van der Waals surface area contributed by atoms with Crippen LogP contribution in [-0.4, -0.2) is 63.6 Å². The molecule has 1 fully saturated rings. The van der Waals surface area contributed by atoms with Gasteiger partial charge in [0.15, 0.2) is 5.65 Å². The van der Waals surface area contributed by atoms with Gasteiger partial charge >= 0.3 is 0 Å². The molecule has 0 bridgehead atoms. The van der Waals surface area contributed by atoms with Crippen molar-refractivity contribution < 1.29 is 14.3 Å². The fourth-order valence-corrected chi connectivity index (χ4v) is 4.12. The van der Waals surface area contributed by atoms with E-state index in [0.717, 1.165) is 22.8 Å². The Bertz CT molecular complexity index is 1270. The summed E-state index contributed by atoms with van der Waals surface area (Å²) in [6, 6.07) is 11.1. The summed E-state index contributed by atoms with van der Waals surface area (Å²) in [6.07, 6.45) is 9.79. The van der Waals surface area contributed by atoms with E-state index in [0.29, 0.717) is 44.1 Å². The van der Waals surface area contributed by atoms with Crippen molar-refractivity contribution in [2.75, 3.05) is 38.7 Å². The molecular weight excluding hydrogens is 432 g/mol. The minimum atomic E-state index is -0.0716. The Balaban J connectivity index is 1.32. The first-order valence-corrected chi connectivity index (χ1v) is 11.2. The number of methoxy groups -OCH3 is 1. The second-order valence-corrected chi connectivity index (χ2v) is 8.22. The lowest BCUT2D eigenvalue weighted by atomic mass is 10.0. The van der Waals surface area contributed by atoms with E-state index in [9.17, 15) is 4.79 Å². The first-order valence-electron chi connectivity index (χ1n) is 11.2. The second-order valence-electron chi connectivity index (χ2n) is 8.22. The summed E-state index contributed by atoms with van der Waals surface area (Å²) in [5.41, 5.74) is 3.10. The number of anilines is 2. The molecule has 1 aliphatic heterocycles. The van der Waals surface area contributed by atoms with Gasteiger partial charge in [0, 0.05) is 49.5 Å². The van der Waals surface area contributed by atoms with E-state index in [1.165, 1.54) is 0 Å². The van der Waals surface area contributed by atoms with E-state index in [1.807, 2.05) is 46.0 Å². The van der Waals surface area contributed by atoms with E-state index in [2.05, 4.69) is 20.3 Å². The molecule has 0 saturated carbocycles. The van der Waals surface area contributed by atoms with Crippen LogP contribution < -0.4 is 10.1 Å². The summed E-state index contributed by atoms with van der Waals surface area (Å²) in [7, 11) is 1.63. The van der Waals surface area contributed by atoms with E-state index < -0.39 is 0 Å². The van der Waals surface area contributed by atoms with Crippen LogP contribution in [-0.2, 0) is 11.2 Å². The Morgan fingerprint density at radius 2 is 2.06 bits per heavy atom. The minimum Gasteiger partial charge on any atom is -0.497 e. The van der Waals surface area contributed by atoms with Crippen LogP contribution in [0.15, 0.2) is 67.4 Å². The third-order valence-corrected chi connectivity index (χ3v) is 5.85. The molecule has 1 saturated heterocycles. The summed E-state index contributed by atoms with van der Waals surface area (Å²) in [5, 5.41) is 3.26. The van der Waals surface area contributed by atoms with E-state index in [-0.39, 0.29) is 11.8 Å².